The fourth-order valence-electron chi connectivity index (χ4n) is 2.91. The van der Waals surface area contributed by atoms with Crippen LogP contribution in [-0.4, -0.2) is 22.7 Å². The molecule has 0 aliphatic heterocycles. The molecule has 6 nitrogen and oxygen atoms in total. The first-order valence-corrected chi connectivity index (χ1v) is 9.79. The van der Waals surface area contributed by atoms with E-state index in [0.717, 1.165) is 0 Å². The number of nitrogens with one attached hydrogen (secondary N) is 1. The van der Waals surface area contributed by atoms with E-state index in [-0.39, 0.29) is 24.0 Å². The molecule has 1 amide bonds. The van der Waals surface area contributed by atoms with Gasteiger partial charge in [-0.05, 0) is 42.5 Å². The van der Waals surface area contributed by atoms with Crippen LogP contribution in [0.3, 0.4) is 0 Å². The molecular weight excluding hydrogens is 421 g/mol. The van der Waals surface area contributed by atoms with E-state index in [0.29, 0.717) is 16.3 Å². The fraction of sp³-hybridized carbons (Fsp3) is 0.0870. The highest BCUT2D eigenvalue weighted by Gasteiger charge is 2.26. The van der Waals surface area contributed by atoms with E-state index in [1.165, 1.54) is 6.07 Å². The third-order valence-corrected chi connectivity index (χ3v) is 4.67. The van der Waals surface area contributed by atoms with Crippen LogP contribution in [0.1, 0.15) is 17.5 Å². The fourth-order valence-corrected chi connectivity index (χ4v) is 3.04. The predicted molar refractivity (Wildman–Crippen MR) is 113 cm³/mol. The molecule has 1 N–H and O–H groups in total. The summed E-state index contributed by atoms with van der Waals surface area (Å²) in [4.78, 5) is 12.6. The van der Waals surface area contributed by atoms with E-state index < -0.39 is 17.8 Å². The molecule has 8 heteroatoms. The van der Waals surface area contributed by atoms with Crippen molar-refractivity contribution in [3.63, 3.8) is 0 Å². The lowest BCUT2D eigenvalue weighted by Crippen LogP contribution is -2.34. The Morgan fingerprint density at radius 1 is 1.00 bits per heavy atom. The van der Waals surface area contributed by atoms with Crippen molar-refractivity contribution in [1.82, 2.24) is 15.5 Å². The van der Waals surface area contributed by atoms with Crippen LogP contribution < -0.4 is 10.1 Å². The minimum atomic E-state index is -0.979. The number of halogens is 2. The Balaban J connectivity index is 1.55. The second-order valence-electron chi connectivity index (χ2n) is 6.58. The van der Waals surface area contributed by atoms with Crippen LogP contribution in [0.15, 0.2) is 83.3 Å². The van der Waals surface area contributed by atoms with Crippen LogP contribution >= 0.6 is 11.6 Å². The molecule has 4 aromatic rings. The molecule has 1 heterocycles. The lowest BCUT2D eigenvalue weighted by atomic mass is 10.1. The molecule has 3 aromatic carbocycles. The minimum absolute atomic E-state index is 0.0591. The molecule has 0 unspecified atom stereocenters. The molecule has 0 fully saturated rings. The molecule has 1 aromatic heterocycles. The van der Waals surface area contributed by atoms with Crippen molar-refractivity contribution in [3.05, 3.63) is 101 Å². The summed E-state index contributed by atoms with van der Waals surface area (Å²) in [6, 6.07) is 20.9. The molecule has 156 valence electrons. The molecule has 1 atom stereocenters. The maximum atomic E-state index is 14.5. The summed E-state index contributed by atoms with van der Waals surface area (Å²) >= 11 is 5.85. The standard InChI is InChI=1S/C23H17ClFN3O3/c24-16-10-12-17(13-11-16)30-14-20(29)26-21(18-8-4-5-9-19(18)25)23-28-27-22(31-23)15-6-2-1-3-7-15/h1-13,21H,14H2,(H,26,29)/t21-/m1/s1. The maximum Gasteiger partial charge on any atom is 0.258 e. The van der Waals surface area contributed by atoms with Gasteiger partial charge in [-0.2, -0.15) is 0 Å². The van der Waals surface area contributed by atoms with E-state index >= 15 is 0 Å². The Labute approximate surface area is 182 Å². The van der Waals surface area contributed by atoms with Gasteiger partial charge in [-0.3, -0.25) is 4.79 Å². The summed E-state index contributed by atoms with van der Waals surface area (Å²) in [5, 5.41) is 11.3. The number of nitrogens with zero attached hydrogens (tertiary/aromatic N) is 2. The van der Waals surface area contributed by atoms with Crippen LogP contribution in [0.5, 0.6) is 5.75 Å². The van der Waals surface area contributed by atoms with Crippen molar-refractivity contribution in [1.29, 1.82) is 0 Å². The van der Waals surface area contributed by atoms with Gasteiger partial charge in [-0.25, -0.2) is 4.39 Å². The lowest BCUT2D eigenvalue weighted by molar-refractivity contribution is -0.123. The molecule has 0 bridgehead atoms. The van der Waals surface area contributed by atoms with E-state index in [2.05, 4.69) is 15.5 Å². The van der Waals surface area contributed by atoms with Gasteiger partial charge in [0.1, 0.15) is 17.6 Å². The molecule has 0 saturated heterocycles. The number of carbonyl (C=O) groups excluding carboxylic acids is 1. The lowest BCUT2D eigenvalue weighted by Gasteiger charge is -2.16. The highest BCUT2D eigenvalue weighted by molar-refractivity contribution is 6.30. The van der Waals surface area contributed by atoms with Crippen LogP contribution in [0.2, 0.25) is 5.02 Å². The normalized spacial score (nSPS) is 11.7. The molecule has 0 saturated carbocycles. The van der Waals surface area contributed by atoms with Crippen LogP contribution in [0.25, 0.3) is 11.5 Å². The van der Waals surface area contributed by atoms with Crippen LogP contribution in [0, 0.1) is 5.82 Å². The van der Waals surface area contributed by atoms with Gasteiger partial charge < -0.3 is 14.5 Å². The zero-order valence-corrected chi connectivity index (χ0v) is 16.9. The Morgan fingerprint density at radius 3 is 2.45 bits per heavy atom. The van der Waals surface area contributed by atoms with Crippen molar-refractivity contribution in [3.8, 4) is 17.2 Å². The second kappa shape index (κ2) is 9.40. The Bertz CT molecular complexity index is 1170. The van der Waals surface area contributed by atoms with Gasteiger partial charge in [-0.15, -0.1) is 10.2 Å². The quantitative estimate of drug-likeness (QED) is 0.449. The zero-order chi connectivity index (χ0) is 21.6. The van der Waals surface area contributed by atoms with Gasteiger partial charge >= 0.3 is 0 Å². The summed E-state index contributed by atoms with van der Waals surface area (Å²) in [6.45, 7) is -0.285. The number of ether oxygens (including phenoxy) is 1. The van der Waals surface area contributed by atoms with Crippen molar-refractivity contribution in [2.75, 3.05) is 6.61 Å². The number of benzene rings is 3. The van der Waals surface area contributed by atoms with Gasteiger partial charge in [0.2, 0.25) is 11.8 Å². The van der Waals surface area contributed by atoms with Crippen molar-refractivity contribution in [2.45, 2.75) is 6.04 Å². The molecule has 0 aliphatic rings. The Kier molecular flexibility index (Phi) is 6.24. The number of hydrogen-bond acceptors (Lipinski definition) is 5. The average Bonchev–Trinajstić information content (AvgIpc) is 3.28. The summed E-state index contributed by atoms with van der Waals surface area (Å²) in [5.41, 5.74) is 0.913. The van der Waals surface area contributed by atoms with Gasteiger partial charge in [0.15, 0.2) is 6.61 Å². The van der Waals surface area contributed by atoms with E-state index in [4.69, 9.17) is 20.8 Å². The first-order chi connectivity index (χ1) is 15.1. The highest BCUT2D eigenvalue weighted by Crippen LogP contribution is 2.26. The predicted octanol–water partition coefficient (Wildman–Crippen LogP) is 4.81. The molecule has 31 heavy (non-hydrogen) atoms. The number of amides is 1. The molecular formula is C23H17ClFN3O3. The van der Waals surface area contributed by atoms with E-state index in [1.54, 1.807) is 42.5 Å². The van der Waals surface area contributed by atoms with Crippen molar-refractivity contribution < 1.29 is 18.3 Å². The number of carbonyl (C=O) groups is 1. The van der Waals surface area contributed by atoms with Gasteiger partial charge in [0.25, 0.3) is 5.91 Å². The van der Waals surface area contributed by atoms with Gasteiger partial charge in [0.05, 0.1) is 0 Å². The minimum Gasteiger partial charge on any atom is -0.484 e. The summed E-state index contributed by atoms with van der Waals surface area (Å²) in [6.07, 6.45) is 0. The van der Waals surface area contributed by atoms with Crippen molar-refractivity contribution >= 4 is 17.5 Å². The topological polar surface area (TPSA) is 77.2 Å². The Hall–Kier alpha value is -3.71. The molecule has 0 aliphatic carbocycles. The first-order valence-electron chi connectivity index (χ1n) is 9.41. The van der Waals surface area contributed by atoms with Crippen molar-refractivity contribution in [2.24, 2.45) is 0 Å². The van der Waals surface area contributed by atoms with Crippen LogP contribution in [-0.2, 0) is 4.79 Å². The largest absolute Gasteiger partial charge is 0.484 e. The monoisotopic (exact) mass is 437 g/mol. The average molecular weight is 438 g/mol. The summed E-state index contributed by atoms with van der Waals surface area (Å²) in [5.74, 6) is -0.188. The summed E-state index contributed by atoms with van der Waals surface area (Å²) in [7, 11) is 0. The van der Waals surface area contributed by atoms with Gasteiger partial charge in [-0.1, -0.05) is 48.0 Å². The first kappa shape index (κ1) is 20.6. The number of rotatable bonds is 7. The SMILES string of the molecule is O=C(COc1ccc(Cl)cc1)N[C@@H](c1nnc(-c2ccccc2)o1)c1ccccc1F. The molecule has 4 rings (SSSR count). The van der Waals surface area contributed by atoms with Gasteiger partial charge in [0, 0.05) is 16.1 Å². The van der Waals surface area contributed by atoms with Crippen LogP contribution in [0.4, 0.5) is 4.39 Å². The third kappa shape index (κ3) is 5.07. The smallest absolute Gasteiger partial charge is 0.258 e. The van der Waals surface area contributed by atoms with E-state index in [1.807, 2.05) is 30.3 Å². The molecule has 0 radical (unpaired) electrons. The molecule has 0 spiro atoms. The summed E-state index contributed by atoms with van der Waals surface area (Å²) < 4.78 is 25.7. The zero-order valence-electron chi connectivity index (χ0n) is 16.2. The number of hydrogen-bond donors (Lipinski definition) is 1. The second-order valence-corrected chi connectivity index (χ2v) is 7.01. The maximum absolute atomic E-state index is 14.5. The highest BCUT2D eigenvalue weighted by atomic mass is 35.5. The Morgan fingerprint density at radius 2 is 1.71 bits per heavy atom. The third-order valence-electron chi connectivity index (χ3n) is 4.41. The van der Waals surface area contributed by atoms with E-state index in [9.17, 15) is 9.18 Å². The number of aromatic nitrogens is 2.